The van der Waals surface area contributed by atoms with Crippen molar-refractivity contribution in [2.24, 2.45) is 5.92 Å². The molecule has 0 aromatic rings. The Kier molecular flexibility index (Phi) is 4.47. The molecule has 1 saturated heterocycles. The average Bonchev–Trinajstić information content (AvgIpc) is 2.74. The number of carbonyl (C=O) groups excluding carboxylic acids is 2. The van der Waals surface area contributed by atoms with Crippen LogP contribution in [0.4, 0.5) is 0 Å². The van der Waals surface area contributed by atoms with Crippen LogP contribution in [0.3, 0.4) is 0 Å². The monoisotopic (exact) mass is 227 g/mol. The fourth-order valence-electron chi connectivity index (χ4n) is 2.23. The number of likely N-dealkylation sites (tertiary alicyclic amines) is 1. The molecule has 1 aliphatic heterocycles. The number of Topliss-reactive ketones (excluding diaryl/α,β-unsaturated/α-hetero) is 1. The van der Waals surface area contributed by atoms with Crippen molar-refractivity contribution in [2.45, 2.75) is 52.2 Å². The molecular formula is C12H21NO3. The summed E-state index contributed by atoms with van der Waals surface area (Å²) >= 11 is 0. The maximum Gasteiger partial charge on any atom is 0.222 e. The molecule has 0 bridgehead atoms. The van der Waals surface area contributed by atoms with E-state index in [1.165, 1.54) is 6.92 Å². The lowest BCUT2D eigenvalue weighted by Gasteiger charge is -2.30. The summed E-state index contributed by atoms with van der Waals surface area (Å²) in [6.07, 6.45) is 1.44. The smallest absolute Gasteiger partial charge is 0.222 e. The molecule has 1 N–H and O–H groups in total. The Labute approximate surface area is 96.6 Å². The van der Waals surface area contributed by atoms with Gasteiger partial charge < -0.3 is 10.0 Å². The first-order valence-corrected chi connectivity index (χ1v) is 5.97. The van der Waals surface area contributed by atoms with E-state index in [1.54, 1.807) is 11.8 Å². The van der Waals surface area contributed by atoms with Gasteiger partial charge in [0.15, 0.2) is 0 Å². The van der Waals surface area contributed by atoms with Crippen LogP contribution in [0.25, 0.3) is 0 Å². The third-order valence-electron chi connectivity index (χ3n) is 3.47. The van der Waals surface area contributed by atoms with Crippen LogP contribution in [-0.2, 0) is 9.59 Å². The van der Waals surface area contributed by atoms with Gasteiger partial charge in [-0.2, -0.15) is 0 Å². The first-order chi connectivity index (χ1) is 7.49. The van der Waals surface area contributed by atoms with Crippen LogP contribution in [0.5, 0.6) is 0 Å². The summed E-state index contributed by atoms with van der Waals surface area (Å²) < 4.78 is 0. The van der Waals surface area contributed by atoms with E-state index in [0.717, 1.165) is 12.8 Å². The maximum absolute atomic E-state index is 11.7. The molecule has 0 radical (unpaired) electrons. The van der Waals surface area contributed by atoms with E-state index in [4.69, 9.17) is 0 Å². The highest BCUT2D eigenvalue weighted by molar-refractivity contribution is 5.79. The van der Waals surface area contributed by atoms with Gasteiger partial charge in [-0.1, -0.05) is 13.8 Å². The van der Waals surface area contributed by atoms with Crippen LogP contribution in [0, 0.1) is 5.92 Å². The van der Waals surface area contributed by atoms with Gasteiger partial charge in [0.1, 0.15) is 5.78 Å². The minimum atomic E-state index is -0.726. The van der Waals surface area contributed by atoms with Crippen molar-refractivity contribution in [3.05, 3.63) is 0 Å². The molecule has 1 heterocycles. The molecule has 1 aliphatic rings. The molecule has 3 unspecified atom stereocenters. The van der Waals surface area contributed by atoms with Crippen molar-refractivity contribution in [1.29, 1.82) is 0 Å². The first-order valence-electron chi connectivity index (χ1n) is 5.97. The average molecular weight is 227 g/mol. The zero-order chi connectivity index (χ0) is 12.3. The lowest BCUT2D eigenvalue weighted by molar-refractivity contribution is -0.137. The Morgan fingerprint density at radius 1 is 1.50 bits per heavy atom. The molecule has 1 fully saturated rings. The van der Waals surface area contributed by atoms with E-state index >= 15 is 0 Å². The summed E-state index contributed by atoms with van der Waals surface area (Å²) in [5.41, 5.74) is 0. The van der Waals surface area contributed by atoms with E-state index in [0.29, 0.717) is 13.0 Å². The van der Waals surface area contributed by atoms with Gasteiger partial charge in [0.05, 0.1) is 12.1 Å². The number of nitrogens with zero attached hydrogens (tertiary/aromatic N) is 1. The Bertz CT molecular complexity index is 277. The molecule has 1 rings (SSSR count). The van der Waals surface area contributed by atoms with Gasteiger partial charge in [-0.05, 0) is 19.8 Å². The van der Waals surface area contributed by atoms with Gasteiger partial charge >= 0.3 is 0 Å². The van der Waals surface area contributed by atoms with Gasteiger partial charge in [-0.3, -0.25) is 9.59 Å². The number of ketones is 1. The van der Waals surface area contributed by atoms with Gasteiger partial charge in [-0.15, -0.1) is 0 Å². The fourth-order valence-corrected chi connectivity index (χ4v) is 2.23. The number of rotatable bonds is 4. The Morgan fingerprint density at radius 2 is 2.12 bits per heavy atom. The minimum Gasteiger partial charge on any atom is -0.390 e. The van der Waals surface area contributed by atoms with Crippen molar-refractivity contribution in [3.8, 4) is 0 Å². The van der Waals surface area contributed by atoms with E-state index in [1.807, 2.05) is 6.92 Å². The lowest BCUT2D eigenvalue weighted by Crippen LogP contribution is -2.46. The van der Waals surface area contributed by atoms with E-state index in [-0.39, 0.29) is 17.7 Å². The summed E-state index contributed by atoms with van der Waals surface area (Å²) in [4.78, 5) is 24.6. The summed E-state index contributed by atoms with van der Waals surface area (Å²) in [6, 6.07) is -0.175. The van der Waals surface area contributed by atoms with Gasteiger partial charge in [-0.25, -0.2) is 0 Å². The van der Waals surface area contributed by atoms with Crippen LogP contribution in [0.1, 0.15) is 40.0 Å². The molecule has 16 heavy (non-hydrogen) atoms. The maximum atomic E-state index is 11.7. The Morgan fingerprint density at radius 3 is 2.62 bits per heavy atom. The van der Waals surface area contributed by atoms with Crippen molar-refractivity contribution < 1.29 is 14.7 Å². The van der Waals surface area contributed by atoms with E-state index in [9.17, 15) is 14.7 Å². The van der Waals surface area contributed by atoms with Gasteiger partial charge in [0.2, 0.25) is 5.91 Å². The quantitative estimate of drug-likeness (QED) is 0.778. The molecule has 92 valence electrons. The number of amides is 1. The zero-order valence-electron chi connectivity index (χ0n) is 10.3. The largest absolute Gasteiger partial charge is 0.390 e. The van der Waals surface area contributed by atoms with Crippen LogP contribution in [0.2, 0.25) is 0 Å². The van der Waals surface area contributed by atoms with Crippen LogP contribution in [-0.4, -0.2) is 40.4 Å². The molecule has 4 nitrogen and oxygen atoms in total. The topological polar surface area (TPSA) is 57.6 Å². The Balaban J connectivity index is 2.71. The van der Waals surface area contributed by atoms with E-state index in [2.05, 4.69) is 0 Å². The molecular weight excluding hydrogens is 206 g/mol. The fraction of sp³-hybridized carbons (Fsp3) is 0.833. The summed E-state index contributed by atoms with van der Waals surface area (Å²) in [7, 11) is 0. The number of aliphatic hydroxyl groups is 1. The highest BCUT2D eigenvalue weighted by Crippen LogP contribution is 2.25. The third kappa shape index (κ3) is 2.61. The Hall–Kier alpha value is -0.900. The van der Waals surface area contributed by atoms with Crippen molar-refractivity contribution in [1.82, 2.24) is 4.90 Å². The normalized spacial score (nSPS) is 24.2. The molecule has 0 aliphatic carbocycles. The first kappa shape index (κ1) is 13.2. The number of carbonyl (C=O) groups is 2. The molecule has 4 heteroatoms. The number of hydrogen-bond donors (Lipinski definition) is 1. The summed E-state index contributed by atoms with van der Waals surface area (Å²) in [6.45, 7) is 5.73. The lowest BCUT2D eigenvalue weighted by atomic mass is 9.93. The second kappa shape index (κ2) is 5.43. The molecule has 3 atom stereocenters. The van der Waals surface area contributed by atoms with Gasteiger partial charge in [0.25, 0.3) is 0 Å². The molecule has 0 aromatic carbocycles. The molecule has 0 saturated carbocycles. The predicted molar refractivity (Wildman–Crippen MR) is 60.9 cm³/mol. The highest BCUT2D eigenvalue weighted by Gasteiger charge is 2.36. The van der Waals surface area contributed by atoms with Crippen LogP contribution >= 0.6 is 0 Å². The summed E-state index contributed by atoms with van der Waals surface area (Å²) in [5.74, 6) is -0.351. The van der Waals surface area contributed by atoms with Crippen molar-refractivity contribution in [2.75, 3.05) is 6.54 Å². The standard InChI is InChI=1S/C12H21NO3/c1-4-11(15)13-7-5-6-10(13)12(16)8(2)9(3)14/h8,10,12,16H,4-7H2,1-3H3. The van der Waals surface area contributed by atoms with E-state index < -0.39 is 12.0 Å². The van der Waals surface area contributed by atoms with Crippen molar-refractivity contribution >= 4 is 11.7 Å². The second-order valence-electron chi connectivity index (χ2n) is 4.54. The molecule has 1 amide bonds. The number of hydrogen-bond acceptors (Lipinski definition) is 3. The minimum absolute atomic E-state index is 0.0247. The predicted octanol–water partition coefficient (Wildman–Crippen LogP) is 0.973. The van der Waals surface area contributed by atoms with Crippen LogP contribution in [0.15, 0.2) is 0 Å². The van der Waals surface area contributed by atoms with Crippen molar-refractivity contribution in [3.63, 3.8) is 0 Å². The molecule has 0 aromatic heterocycles. The SMILES string of the molecule is CCC(=O)N1CCCC1C(O)C(C)C(C)=O. The third-order valence-corrected chi connectivity index (χ3v) is 3.47. The summed E-state index contributed by atoms with van der Waals surface area (Å²) in [5, 5.41) is 10.1. The second-order valence-corrected chi connectivity index (χ2v) is 4.54. The van der Waals surface area contributed by atoms with Crippen LogP contribution < -0.4 is 0 Å². The number of aliphatic hydroxyl groups excluding tert-OH is 1. The highest BCUT2D eigenvalue weighted by atomic mass is 16.3. The molecule has 0 spiro atoms. The van der Waals surface area contributed by atoms with Gasteiger partial charge in [0, 0.05) is 18.9 Å². The zero-order valence-corrected chi connectivity index (χ0v) is 10.3.